The molecule has 10 nitrogen and oxygen atoms in total. The number of hydrogen-bond acceptors (Lipinski definition) is 9. The van der Waals surface area contributed by atoms with Crippen molar-refractivity contribution in [2.75, 3.05) is 12.3 Å². The van der Waals surface area contributed by atoms with Crippen LogP contribution in [0.25, 0.3) is 11.2 Å². The van der Waals surface area contributed by atoms with Gasteiger partial charge in [-0.15, -0.1) is 0 Å². The fourth-order valence-electron chi connectivity index (χ4n) is 4.09. The summed E-state index contributed by atoms with van der Waals surface area (Å²) in [6.07, 6.45) is -0.242. The van der Waals surface area contributed by atoms with Crippen molar-refractivity contribution in [3.05, 3.63) is 46.5 Å². The number of anilines is 1. The molecule has 0 amide bonds. The summed E-state index contributed by atoms with van der Waals surface area (Å²) in [6.45, 7) is 4.44. The maximum atomic E-state index is 8.93. The Morgan fingerprint density at radius 1 is 1.22 bits per heavy atom. The van der Waals surface area contributed by atoms with Gasteiger partial charge in [-0.2, -0.15) is 5.26 Å². The smallest absolute Gasteiger partial charge is 0.181 e. The van der Waals surface area contributed by atoms with Crippen LogP contribution in [-0.2, 0) is 25.6 Å². The van der Waals surface area contributed by atoms with Crippen molar-refractivity contribution in [3.63, 3.8) is 0 Å². The van der Waals surface area contributed by atoms with E-state index in [-0.39, 0.29) is 18.0 Å². The Morgan fingerprint density at radius 3 is 2.72 bits per heavy atom. The number of halogens is 1. The average Bonchev–Trinajstić information content (AvgIpc) is 3.37. The number of hydrogen-bond donors (Lipinski definition) is 1. The number of nitrogen functional groups attached to an aromatic ring is 1. The van der Waals surface area contributed by atoms with E-state index in [9.17, 15) is 0 Å². The van der Waals surface area contributed by atoms with E-state index < -0.39 is 18.1 Å². The molecule has 2 saturated heterocycles. The highest BCUT2D eigenvalue weighted by Crippen LogP contribution is 2.45. The van der Waals surface area contributed by atoms with Crippen LogP contribution in [0.2, 0.25) is 0 Å². The molecule has 4 atom stereocenters. The van der Waals surface area contributed by atoms with E-state index in [0.717, 1.165) is 5.56 Å². The number of benzene rings is 1. The van der Waals surface area contributed by atoms with Gasteiger partial charge in [0, 0.05) is 0 Å². The van der Waals surface area contributed by atoms with Gasteiger partial charge in [-0.25, -0.2) is 15.0 Å². The van der Waals surface area contributed by atoms with Crippen LogP contribution in [0.4, 0.5) is 5.82 Å². The van der Waals surface area contributed by atoms with Crippen LogP contribution < -0.4 is 5.73 Å². The van der Waals surface area contributed by atoms with Crippen molar-refractivity contribution in [1.29, 1.82) is 5.26 Å². The molecule has 32 heavy (non-hydrogen) atoms. The Labute approximate surface area is 192 Å². The van der Waals surface area contributed by atoms with Crippen molar-refractivity contribution in [2.45, 2.75) is 50.8 Å². The molecule has 0 aliphatic carbocycles. The summed E-state index contributed by atoms with van der Waals surface area (Å²) in [4.78, 5) is 12.8. The zero-order valence-electron chi connectivity index (χ0n) is 17.4. The highest BCUT2D eigenvalue weighted by molar-refractivity contribution is 9.10. The largest absolute Gasteiger partial charge is 0.382 e. The van der Waals surface area contributed by atoms with E-state index in [1.54, 1.807) is 16.7 Å². The molecule has 2 N–H and O–H groups in total. The maximum absolute atomic E-state index is 8.93. The molecule has 0 bridgehead atoms. The molecule has 2 aromatic heterocycles. The van der Waals surface area contributed by atoms with Gasteiger partial charge in [0.05, 0.1) is 24.8 Å². The number of ether oxygens (including phenoxy) is 4. The van der Waals surface area contributed by atoms with Gasteiger partial charge in [0.1, 0.15) is 24.6 Å². The minimum atomic E-state index is -0.764. The lowest BCUT2D eigenvalue weighted by molar-refractivity contribution is -0.202. The number of nitriles is 1. The van der Waals surface area contributed by atoms with Gasteiger partial charge >= 0.3 is 0 Å². The van der Waals surface area contributed by atoms with Crippen molar-refractivity contribution in [2.24, 2.45) is 0 Å². The minimum Gasteiger partial charge on any atom is -0.382 e. The monoisotopic (exact) mass is 500 g/mol. The van der Waals surface area contributed by atoms with Gasteiger partial charge in [-0.05, 0) is 47.5 Å². The third kappa shape index (κ3) is 3.74. The van der Waals surface area contributed by atoms with Crippen molar-refractivity contribution in [3.8, 4) is 6.07 Å². The Morgan fingerprint density at radius 2 is 1.97 bits per heavy atom. The number of nitrogens with zero attached hydrogens (tertiary/aromatic N) is 5. The molecule has 0 radical (unpaired) electrons. The number of fused-ring (bicyclic) bond motifs is 2. The van der Waals surface area contributed by atoms with E-state index in [2.05, 4.69) is 37.0 Å². The molecule has 166 valence electrons. The van der Waals surface area contributed by atoms with Crippen LogP contribution in [0.15, 0.2) is 35.3 Å². The molecule has 2 aliphatic rings. The Bertz CT molecular complexity index is 1190. The van der Waals surface area contributed by atoms with Gasteiger partial charge in [0.15, 0.2) is 33.7 Å². The lowest BCUT2D eigenvalue weighted by Gasteiger charge is -2.25. The predicted molar refractivity (Wildman–Crippen MR) is 116 cm³/mol. The lowest BCUT2D eigenvalue weighted by atomic mass is 10.1. The van der Waals surface area contributed by atoms with Crippen LogP contribution in [0.1, 0.15) is 31.2 Å². The molecule has 0 saturated carbocycles. The first-order valence-electron chi connectivity index (χ1n) is 10.1. The lowest BCUT2D eigenvalue weighted by Crippen LogP contribution is -2.32. The first kappa shape index (κ1) is 21.2. The second-order valence-electron chi connectivity index (χ2n) is 8.14. The Balaban J connectivity index is 1.37. The number of imidazole rings is 1. The van der Waals surface area contributed by atoms with E-state index in [1.165, 1.54) is 6.33 Å². The zero-order valence-corrected chi connectivity index (χ0v) is 19.0. The molecule has 0 spiro atoms. The Kier molecular flexibility index (Phi) is 5.35. The topological polar surface area (TPSA) is 130 Å². The number of aromatic nitrogens is 4. The summed E-state index contributed by atoms with van der Waals surface area (Å²) < 4.78 is 26.9. The molecule has 11 heteroatoms. The first-order chi connectivity index (χ1) is 15.4. The van der Waals surface area contributed by atoms with Crippen LogP contribution in [-0.4, -0.2) is 50.2 Å². The maximum Gasteiger partial charge on any atom is 0.181 e. The second-order valence-corrected chi connectivity index (χ2v) is 8.84. The predicted octanol–water partition coefficient (Wildman–Crippen LogP) is 2.68. The number of rotatable bonds is 5. The SMILES string of the molecule is CC1(C)OC2C(COCc3ccc(C#N)cc3)OC(n3c(Br)nc4c(N)ncnc43)C2O1. The summed E-state index contributed by atoms with van der Waals surface area (Å²) >= 11 is 3.49. The minimum absolute atomic E-state index is 0.287. The molecule has 2 aliphatic heterocycles. The molecule has 5 rings (SSSR count). The van der Waals surface area contributed by atoms with Gasteiger partial charge in [0.25, 0.3) is 0 Å². The van der Waals surface area contributed by atoms with Crippen molar-refractivity contribution in [1.82, 2.24) is 19.5 Å². The van der Waals surface area contributed by atoms with Crippen LogP contribution in [0.5, 0.6) is 0 Å². The van der Waals surface area contributed by atoms with E-state index in [4.69, 9.17) is 29.9 Å². The standard InChI is InChI=1S/C21H21BrN6O4/c1-21(2)31-15-13(9-29-8-12-5-3-11(7-23)4-6-12)30-19(16(15)32-21)28-18-14(27-20(28)22)17(24)25-10-26-18/h3-6,10,13,15-16,19H,8-9H2,1-2H3,(H2,24,25,26). The third-order valence-electron chi connectivity index (χ3n) is 5.48. The van der Waals surface area contributed by atoms with E-state index in [0.29, 0.717) is 34.7 Å². The molecule has 2 fully saturated rings. The normalized spacial score (nSPS) is 26.3. The molecule has 4 unspecified atom stereocenters. The van der Waals surface area contributed by atoms with E-state index in [1.807, 2.05) is 26.0 Å². The first-order valence-corrected chi connectivity index (χ1v) is 10.9. The number of nitrogens with two attached hydrogens (primary N) is 1. The summed E-state index contributed by atoms with van der Waals surface area (Å²) in [6, 6.07) is 9.38. The van der Waals surface area contributed by atoms with Gasteiger partial charge in [-0.1, -0.05) is 12.1 Å². The molecular formula is C21H21BrN6O4. The van der Waals surface area contributed by atoms with Crippen LogP contribution in [0, 0.1) is 11.3 Å². The quantitative estimate of drug-likeness (QED) is 0.525. The van der Waals surface area contributed by atoms with Crippen LogP contribution >= 0.6 is 15.9 Å². The molecular weight excluding hydrogens is 480 g/mol. The van der Waals surface area contributed by atoms with E-state index >= 15 is 0 Å². The average molecular weight is 501 g/mol. The third-order valence-corrected chi connectivity index (χ3v) is 6.04. The summed E-state index contributed by atoms with van der Waals surface area (Å²) in [7, 11) is 0. The fourth-order valence-corrected chi connectivity index (χ4v) is 4.64. The van der Waals surface area contributed by atoms with Gasteiger partial charge in [0.2, 0.25) is 0 Å². The molecule has 4 heterocycles. The second kappa shape index (κ2) is 8.06. The van der Waals surface area contributed by atoms with Crippen LogP contribution in [0.3, 0.4) is 0 Å². The summed E-state index contributed by atoms with van der Waals surface area (Å²) in [5.41, 5.74) is 8.58. The Hall–Kier alpha value is -2.62. The molecule has 1 aromatic carbocycles. The summed E-state index contributed by atoms with van der Waals surface area (Å²) in [5.74, 6) is -0.477. The molecule has 3 aromatic rings. The fraction of sp³-hybridized carbons (Fsp3) is 0.429. The van der Waals surface area contributed by atoms with Gasteiger partial charge in [-0.3, -0.25) is 4.57 Å². The zero-order chi connectivity index (χ0) is 22.5. The highest BCUT2D eigenvalue weighted by atomic mass is 79.9. The highest BCUT2D eigenvalue weighted by Gasteiger charge is 2.56. The van der Waals surface area contributed by atoms with Crippen molar-refractivity contribution >= 4 is 32.9 Å². The summed E-state index contributed by atoms with van der Waals surface area (Å²) in [5, 5.41) is 8.93. The van der Waals surface area contributed by atoms with Crippen molar-refractivity contribution < 1.29 is 18.9 Å². The van der Waals surface area contributed by atoms with Gasteiger partial charge < -0.3 is 24.7 Å².